The summed E-state index contributed by atoms with van der Waals surface area (Å²) in [5, 5.41) is 8.05. The molecule has 0 rings (SSSR count). The first-order valence-electron chi connectivity index (χ1n) is 11.6. The monoisotopic (exact) mass is 428 g/mol. The molecule has 0 aromatic rings. The summed E-state index contributed by atoms with van der Waals surface area (Å²) in [4.78, 5) is 0. The van der Waals surface area contributed by atoms with Crippen molar-refractivity contribution in [2.24, 2.45) is 0 Å². The first kappa shape index (κ1) is 31.1. The molecule has 164 valence electrons. The molecule has 0 spiro atoms. The minimum Gasteiger partial charge on any atom is -0.748 e. The van der Waals surface area contributed by atoms with Crippen LogP contribution in [0.5, 0.6) is 0 Å². The van der Waals surface area contributed by atoms with Crippen molar-refractivity contribution in [2.75, 3.05) is 6.61 Å². The predicted molar refractivity (Wildman–Crippen MR) is 114 cm³/mol. The number of aliphatic hydroxyl groups excluding tert-OH is 1. The minimum absolute atomic E-state index is 0. The number of unbranched alkanes of at least 4 members (excludes halogenated alkanes) is 15. The van der Waals surface area contributed by atoms with Crippen LogP contribution in [0.1, 0.15) is 129 Å². The van der Waals surface area contributed by atoms with Crippen molar-refractivity contribution in [3.63, 3.8) is 0 Å². The first-order chi connectivity index (χ1) is 13.0. The third-order valence-electron chi connectivity index (χ3n) is 5.45. The first-order valence-corrected chi connectivity index (χ1v) is 13.0. The SMILES string of the molecule is CCCC(CCCCCCCCCCCCCCCCCCO)S(=O)(=O)[O-].[Na+]. The van der Waals surface area contributed by atoms with Crippen molar-refractivity contribution in [1.29, 1.82) is 0 Å². The maximum absolute atomic E-state index is 11.2. The Morgan fingerprint density at radius 3 is 1.25 bits per heavy atom. The van der Waals surface area contributed by atoms with Gasteiger partial charge in [-0.2, -0.15) is 0 Å². The summed E-state index contributed by atoms with van der Waals surface area (Å²) < 4.78 is 33.5. The summed E-state index contributed by atoms with van der Waals surface area (Å²) in [6, 6.07) is 0. The molecule has 0 heterocycles. The molecule has 0 saturated carbocycles. The van der Waals surface area contributed by atoms with E-state index in [2.05, 4.69) is 0 Å². The van der Waals surface area contributed by atoms with Crippen LogP contribution in [0.25, 0.3) is 0 Å². The molecule has 0 aliphatic carbocycles. The Morgan fingerprint density at radius 2 is 0.964 bits per heavy atom. The average Bonchev–Trinajstić information content (AvgIpc) is 2.62. The van der Waals surface area contributed by atoms with Gasteiger partial charge in [0, 0.05) is 11.9 Å². The van der Waals surface area contributed by atoms with Gasteiger partial charge < -0.3 is 9.66 Å². The second-order valence-corrected chi connectivity index (χ2v) is 9.72. The van der Waals surface area contributed by atoms with Gasteiger partial charge >= 0.3 is 29.6 Å². The van der Waals surface area contributed by atoms with E-state index < -0.39 is 15.4 Å². The molecule has 0 aromatic carbocycles. The fourth-order valence-electron chi connectivity index (χ4n) is 3.71. The van der Waals surface area contributed by atoms with E-state index in [0.29, 0.717) is 19.4 Å². The van der Waals surface area contributed by atoms with E-state index in [-0.39, 0.29) is 29.6 Å². The normalized spacial score (nSPS) is 12.7. The van der Waals surface area contributed by atoms with Crippen LogP contribution in [0.15, 0.2) is 0 Å². The van der Waals surface area contributed by atoms with Crippen LogP contribution in [0.3, 0.4) is 0 Å². The molecule has 4 nitrogen and oxygen atoms in total. The quantitative estimate of drug-likeness (QED) is 0.173. The smallest absolute Gasteiger partial charge is 0.748 e. The van der Waals surface area contributed by atoms with Crippen LogP contribution in [-0.2, 0) is 10.1 Å². The molecule has 1 unspecified atom stereocenters. The Balaban J connectivity index is 0. The van der Waals surface area contributed by atoms with Crippen molar-refractivity contribution in [2.45, 2.75) is 134 Å². The zero-order chi connectivity index (χ0) is 20.2. The van der Waals surface area contributed by atoms with Crippen LogP contribution in [0, 0.1) is 0 Å². The van der Waals surface area contributed by atoms with Gasteiger partial charge in [-0.1, -0.05) is 110 Å². The van der Waals surface area contributed by atoms with Crippen molar-refractivity contribution in [3.05, 3.63) is 0 Å². The predicted octanol–water partition coefficient (Wildman–Crippen LogP) is 3.33. The molecule has 28 heavy (non-hydrogen) atoms. The Kier molecular flexibility index (Phi) is 25.0. The molecule has 1 atom stereocenters. The summed E-state index contributed by atoms with van der Waals surface area (Å²) in [7, 11) is -4.11. The molecule has 0 amide bonds. The molecule has 0 radical (unpaired) electrons. The minimum atomic E-state index is -4.11. The van der Waals surface area contributed by atoms with Gasteiger partial charge in [0.2, 0.25) is 0 Å². The maximum Gasteiger partial charge on any atom is 1.00 e. The summed E-state index contributed by atoms with van der Waals surface area (Å²) >= 11 is 0. The molecular weight excluding hydrogens is 383 g/mol. The van der Waals surface area contributed by atoms with Gasteiger partial charge in [0.25, 0.3) is 0 Å². The van der Waals surface area contributed by atoms with Gasteiger partial charge in [-0.3, -0.25) is 0 Å². The van der Waals surface area contributed by atoms with E-state index in [4.69, 9.17) is 5.11 Å². The molecule has 0 aliphatic rings. The van der Waals surface area contributed by atoms with Crippen molar-refractivity contribution in [1.82, 2.24) is 0 Å². The van der Waals surface area contributed by atoms with Crippen molar-refractivity contribution >= 4 is 10.1 Å². The van der Waals surface area contributed by atoms with E-state index in [9.17, 15) is 13.0 Å². The van der Waals surface area contributed by atoms with E-state index >= 15 is 0 Å². The van der Waals surface area contributed by atoms with Crippen molar-refractivity contribution < 1.29 is 47.6 Å². The average molecular weight is 429 g/mol. The second-order valence-electron chi connectivity index (χ2n) is 8.07. The van der Waals surface area contributed by atoms with Crippen molar-refractivity contribution in [3.8, 4) is 0 Å². The topological polar surface area (TPSA) is 77.4 Å². The van der Waals surface area contributed by atoms with Crippen LogP contribution in [0.4, 0.5) is 0 Å². The van der Waals surface area contributed by atoms with E-state index in [0.717, 1.165) is 32.1 Å². The van der Waals surface area contributed by atoms with Gasteiger partial charge in [0.1, 0.15) is 0 Å². The van der Waals surface area contributed by atoms with Crippen LogP contribution in [-0.4, -0.2) is 29.9 Å². The standard InChI is InChI=1S/C22H46O4S.Na/c1-2-19-22(27(24,25)26)20-17-15-13-11-9-7-5-3-4-6-8-10-12-14-16-18-21-23;/h22-23H,2-21H2,1H3,(H,24,25,26);/q;+1/p-1. The summed E-state index contributed by atoms with van der Waals surface area (Å²) in [5.41, 5.74) is 0. The molecule has 6 heteroatoms. The summed E-state index contributed by atoms with van der Waals surface area (Å²) in [6.07, 6.45) is 21.6. The van der Waals surface area contributed by atoms with Gasteiger partial charge in [-0.05, 0) is 19.3 Å². The Bertz CT molecular complexity index is 401. The molecule has 0 saturated heterocycles. The second kappa shape index (κ2) is 22.6. The third kappa shape index (κ3) is 21.6. The zero-order valence-electron chi connectivity index (χ0n) is 18.8. The number of aliphatic hydroxyl groups is 1. The number of hydrogen-bond acceptors (Lipinski definition) is 4. The number of rotatable bonds is 21. The molecule has 0 bridgehead atoms. The largest absolute Gasteiger partial charge is 1.00 e. The number of hydrogen-bond donors (Lipinski definition) is 1. The molecule has 0 aromatic heterocycles. The summed E-state index contributed by atoms with van der Waals surface area (Å²) in [5.74, 6) is 0. The van der Waals surface area contributed by atoms with E-state index in [1.807, 2.05) is 6.92 Å². The fourth-order valence-corrected chi connectivity index (χ4v) is 4.69. The molecule has 1 N–H and O–H groups in total. The van der Waals surface area contributed by atoms with Crippen LogP contribution in [0.2, 0.25) is 0 Å². The van der Waals surface area contributed by atoms with E-state index in [1.54, 1.807) is 0 Å². The Labute approximate surface area is 197 Å². The van der Waals surface area contributed by atoms with Gasteiger partial charge in [-0.15, -0.1) is 0 Å². The van der Waals surface area contributed by atoms with Gasteiger partial charge in [0.15, 0.2) is 0 Å². The maximum atomic E-state index is 11.2. The zero-order valence-corrected chi connectivity index (χ0v) is 21.6. The summed E-state index contributed by atoms with van der Waals surface area (Å²) in [6.45, 7) is 2.27. The molecular formula is C22H45NaO4S. The van der Waals surface area contributed by atoms with Crippen LogP contribution >= 0.6 is 0 Å². The third-order valence-corrected chi connectivity index (χ3v) is 6.74. The van der Waals surface area contributed by atoms with E-state index in [1.165, 1.54) is 77.0 Å². The molecule has 0 aliphatic heterocycles. The Morgan fingerprint density at radius 1 is 0.643 bits per heavy atom. The van der Waals surface area contributed by atoms with Crippen LogP contribution < -0.4 is 29.6 Å². The fraction of sp³-hybridized carbons (Fsp3) is 1.00. The van der Waals surface area contributed by atoms with Gasteiger partial charge in [0.05, 0.1) is 10.1 Å². The van der Waals surface area contributed by atoms with Gasteiger partial charge in [-0.25, -0.2) is 8.42 Å². The Hall–Kier alpha value is 0.870. The molecule has 0 fully saturated rings.